The highest BCUT2D eigenvalue weighted by Crippen LogP contribution is 2.30. The van der Waals surface area contributed by atoms with Gasteiger partial charge in [0, 0.05) is 31.9 Å². The number of amides is 3. The first kappa shape index (κ1) is 31.3. The minimum absolute atomic E-state index is 0.0630. The molecule has 1 aromatic carbocycles. The zero-order chi connectivity index (χ0) is 31.6. The maximum absolute atomic E-state index is 14.8. The number of nitrogens with zero attached hydrogens (tertiary/aromatic N) is 4. The Hall–Kier alpha value is -4.63. The molecule has 4 rings (SSSR count). The van der Waals surface area contributed by atoms with E-state index < -0.39 is 66.2 Å². The van der Waals surface area contributed by atoms with Crippen molar-refractivity contribution < 1.29 is 50.4 Å². The first-order valence-corrected chi connectivity index (χ1v) is 12.8. The van der Waals surface area contributed by atoms with Gasteiger partial charge in [-0.05, 0) is 48.7 Å². The lowest BCUT2D eigenvalue weighted by Gasteiger charge is -2.38. The van der Waals surface area contributed by atoms with Crippen molar-refractivity contribution >= 4 is 23.7 Å². The second-order valence-electron chi connectivity index (χ2n) is 9.87. The number of carbonyl (C=O) groups excluding carboxylic acids is 4. The third-order valence-corrected chi connectivity index (χ3v) is 7.14. The maximum Gasteiger partial charge on any atom is 0.493 e. The van der Waals surface area contributed by atoms with E-state index in [0.717, 1.165) is 21.9 Å². The van der Waals surface area contributed by atoms with E-state index in [9.17, 15) is 45.5 Å². The lowest BCUT2D eigenvalue weighted by Crippen LogP contribution is -2.54. The zero-order valence-electron chi connectivity index (χ0n) is 22.7. The van der Waals surface area contributed by atoms with Crippen molar-refractivity contribution in [3.8, 4) is 0 Å². The number of aromatic nitrogens is 1. The van der Waals surface area contributed by atoms with Gasteiger partial charge in [0.2, 0.25) is 11.8 Å². The first-order valence-electron chi connectivity index (χ1n) is 12.8. The number of benzene rings is 1. The van der Waals surface area contributed by atoms with Crippen LogP contribution in [0.4, 0.5) is 26.3 Å². The van der Waals surface area contributed by atoms with Crippen molar-refractivity contribution in [1.29, 1.82) is 0 Å². The van der Waals surface area contributed by atoms with E-state index in [0.29, 0.717) is 0 Å². The number of hydrazine groups is 1. The van der Waals surface area contributed by atoms with Crippen LogP contribution in [0.25, 0.3) is 0 Å². The summed E-state index contributed by atoms with van der Waals surface area (Å²) in [6.07, 6.45) is -6.00. The molecule has 0 saturated carbocycles. The highest BCUT2D eigenvalue weighted by molar-refractivity contribution is 5.97. The Labute approximate surface area is 240 Å². The Morgan fingerprint density at radius 1 is 1.16 bits per heavy atom. The summed E-state index contributed by atoms with van der Waals surface area (Å²) in [5, 5.41) is 0.290. The molecular formula is C27H25F6N5O5. The first-order chi connectivity index (χ1) is 20.2. The van der Waals surface area contributed by atoms with E-state index in [1.165, 1.54) is 44.4 Å². The Bertz CT molecular complexity index is 1450. The van der Waals surface area contributed by atoms with Gasteiger partial charge >= 0.3 is 12.1 Å². The van der Waals surface area contributed by atoms with Crippen LogP contribution >= 0.6 is 0 Å². The number of hydrogen-bond donors (Lipinski definition) is 1. The molecule has 43 heavy (non-hydrogen) atoms. The van der Waals surface area contributed by atoms with Crippen LogP contribution in [0.3, 0.4) is 0 Å². The van der Waals surface area contributed by atoms with E-state index in [1.54, 1.807) is 0 Å². The lowest BCUT2D eigenvalue weighted by atomic mass is 9.94. The Balaban J connectivity index is 1.54. The number of hydrogen-bond acceptors (Lipinski definition) is 7. The van der Waals surface area contributed by atoms with Crippen LogP contribution in [0, 0.1) is 11.7 Å². The number of hydroxylamine groups is 1. The predicted molar refractivity (Wildman–Crippen MR) is 135 cm³/mol. The molecule has 0 aliphatic carbocycles. The van der Waals surface area contributed by atoms with Crippen LogP contribution in [-0.4, -0.2) is 75.9 Å². The van der Waals surface area contributed by atoms with Gasteiger partial charge in [-0.2, -0.15) is 13.2 Å². The zero-order valence-corrected chi connectivity index (χ0v) is 22.7. The summed E-state index contributed by atoms with van der Waals surface area (Å²) < 4.78 is 81.2. The van der Waals surface area contributed by atoms with Crippen LogP contribution in [0.5, 0.6) is 0 Å². The van der Waals surface area contributed by atoms with Crippen molar-refractivity contribution in [2.24, 2.45) is 5.92 Å². The highest BCUT2D eigenvalue weighted by atomic mass is 19.4. The van der Waals surface area contributed by atoms with Gasteiger partial charge in [-0.1, -0.05) is 12.1 Å². The molecule has 0 bridgehead atoms. The molecule has 3 heterocycles. The highest BCUT2D eigenvalue weighted by Gasteiger charge is 2.44. The van der Waals surface area contributed by atoms with Gasteiger partial charge in [0.05, 0.1) is 17.2 Å². The van der Waals surface area contributed by atoms with E-state index >= 15 is 0 Å². The van der Waals surface area contributed by atoms with Crippen LogP contribution in [0.1, 0.15) is 41.4 Å². The minimum atomic E-state index is -5.36. The average Bonchev–Trinajstić information content (AvgIpc) is 2.95. The summed E-state index contributed by atoms with van der Waals surface area (Å²) in [6, 6.07) is 4.53. The number of piperazine rings is 1. The van der Waals surface area contributed by atoms with E-state index in [2.05, 4.69) is 15.2 Å². The second kappa shape index (κ2) is 12.3. The van der Waals surface area contributed by atoms with Crippen molar-refractivity contribution in [2.45, 2.75) is 38.9 Å². The summed E-state index contributed by atoms with van der Waals surface area (Å²) in [6.45, 7) is 1.84. The number of alkyl halides is 5. The summed E-state index contributed by atoms with van der Waals surface area (Å²) in [5.41, 5.74) is 2.05. The molecule has 1 saturated heterocycles. The van der Waals surface area contributed by atoms with Crippen molar-refractivity contribution in [2.75, 3.05) is 19.6 Å². The Morgan fingerprint density at radius 2 is 1.88 bits per heavy atom. The molecule has 2 aliphatic rings. The minimum Gasteiger partial charge on any atom is -0.327 e. The fourth-order valence-corrected chi connectivity index (χ4v) is 4.67. The van der Waals surface area contributed by atoms with Gasteiger partial charge < -0.3 is 14.6 Å². The van der Waals surface area contributed by atoms with Gasteiger partial charge in [0.15, 0.2) is 0 Å². The molecule has 1 aromatic heterocycles. The van der Waals surface area contributed by atoms with E-state index in [1.807, 2.05) is 0 Å². The fourth-order valence-electron chi connectivity index (χ4n) is 4.67. The summed E-state index contributed by atoms with van der Waals surface area (Å²) >= 11 is 0. The molecule has 10 nitrogen and oxygen atoms in total. The summed E-state index contributed by atoms with van der Waals surface area (Å²) in [4.78, 5) is 59.9. The van der Waals surface area contributed by atoms with Crippen molar-refractivity contribution in [3.63, 3.8) is 0 Å². The standard InChI is InChI=1S/C27H25F6N5O5/c1-14-15(2)24(40)35-38(43-26(42)27(31,32)33)20(14)11-16-5-6-19(28)18(10-16)25(41)36-8-9-37(21(39)13-36)22(23(29)30)17-4-3-7-34-12-17/h3-7,10,12,15,22-23H,8-9,11,13H2,1-2H3,(H,35,40). The molecule has 2 aliphatic heterocycles. The van der Waals surface area contributed by atoms with Gasteiger partial charge in [-0.15, -0.1) is 5.17 Å². The van der Waals surface area contributed by atoms with E-state index in [4.69, 9.17) is 0 Å². The third-order valence-electron chi connectivity index (χ3n) is 7.14. The van der Waals surface area contributed by atoms with Crippen LogP contribution in [-0.2, 0) is 25.6 Å². The third kappa shape index (κ3) is 6.73. The molecular weight excluding hydrogens is 588 g/mol. The lowest BCUT2D eigenvalue weighted by molar-refractivity contribution is -0.242. The molecule has 16 heteroatoms. The number of rotatable bonds is 7. The fraction of sp³-hybridized carbons (Fsp3) is 0.370. The number of halogens is 6. The monoisotopic (exact) mass is 613 g/mol. The van der Waals surface area contributed by atoms with Crippen LogP contribution in [0.2, 0.25) is 0 Å². The summed E-state index contributed by atoms with van der Waals surface area (Å²) in [5.74, 6) is -6.83. The Morgan fingerprint density at radius 3 is 2.49 bits per heavy atom. The molecule has 2 unspecified atom stereocenters. The van der Waals surface area contributed by atoms with Crippen molar-refractivity contribution in [3.05, 3.63) is 76.5 Å². The molecule has 3 amide bonds. The molecule has 0 spiro atoms. The smallest absolute Gasteiger partial charge is 0.327 e. The molecule has 2 aromatic rings. The Kier molecular flexibility index (Phi) is 8.96. The molecule has 1 fully saturated rings. The SMILES string of the molecule is CC1=C(Cc2ccc(F)c(C(=O)N3CCN(C(c4cccnc4)C(F)F)C(=O)C3)c2)N(OC(=O)C(F)(F)F)NC(=O)C1C. The molecule has 0 radical (unpaired) electrons. The average molecular weight is 614 g/mol. The van der Waals surface area contributed by atoms with Gasteiger partial charge in [0.1, 0.15) is 18.4 Å². The van der Waals surface area contributed by atoms with Gasteiger partial charge in [-0.25, -0.2) is 23.4 Å². The molecule has 2 atom stereocenters. The second-order valence-corrected chi connectivity index (χ2v) is 9.87. The quantitative estimate of drug-likeness (QED) is 0.477. The number of nitrogens with one attached hydrogen (secondary N) is 1. The number of pyridine rings is 1. The van der Waals surface area contributed by atoms with Crippen LogP contribution in [0.15, 0.2) is 54.0 Å². The largest absolute Gasteiger partial charge is 0.493 e. The molecule has 1 N–H and O–H groups in total. The van der Waals surface area contributed by atoms with Gasteiger partial charge in [0.25, 0.3) is 12.3 Å². The normalized spacial score (nSPS) is 18.6. The van der Waals surface area contributed by atoms with Gasteiger partial charge in [-0.3, -0.25) is 19.4 Å². The summed E-state index contributed by atoms with van der Waals surface area (Å²) in [7, 11) is 0. The topological polar surface area (TPSA) is 112 Å². The number of allylic oxidation sites excluding steroid dienone is 1. The predicted octanol–water partition coefficient (Wildman–Crippen LogP) is 3.33. The van der Waals surface area contributed by atoms with Crippen LogP contribution < -0.4 is 5.43 Å². The van der Waals surface area contributed by atoms with E-state index in [-0.39, 0.29) is 47.1 Å². The maximum atomic E-state index is 14.8. The number of carbonyl (C=O) groups is 4. The van der Waals surface area contributed by atoms with Crippen molar-refractivity contribution in [1.82, 2.24) is 25.4 Å². The molecule has 230 valence electrons.